The number of fused-ring (bicyclic) bond motifs is 3. The molecule has 7 nitrogen and oxygen atoms in total. The molecule has 0 heterocycles. The molecule has 3 rings (SSSR count). The number of hydrogen-bond acceptors (Lipinski definition) is 4. The maximum atomic E-state index is 13.0. The number of aliphatic carboxylic acids is 1. The zero-order chi connectivity index (χ0) is 25.8. The Morgan fingerprint density at radius 3 is 2.00 bits per heavy atom. The number of ether oxygens (including phenoxy) is 1. The van der Waals surface area contributed by atoms with Crippen molar-refractivity contribution in [3.63, 3.8) is 0 Å². The van der Waals surface area contributed by atoms with Gasteiger partial charge < -0.3 is 20.5 Å². The second-order valence-electron chi connectivity index (χ2n) is 11.1. The number of hydrogen-bond donors (Lipinski definition) is 3. The van der Waals surface area contributed by atoms with E-state index < -0.39 is 29.6 Å². The fraction of sp³-hybridized carbons (Fsp3) is 0.464. The molecule has 0 aromatic heterocycles. The van der Waals surface area contributed by atoms with Gasteiger partial charge in [-0.2, -0.15) is 0 Å². The Labute approximate surface area is 207 Å². The van der Waals surface area contributed by atoms with Crippen molar-refractivity contribution in [1.29, 1.82) is 0 Å². The van der Waals surface area contributed by atoms with Crippen molar-refractivity contribution in [3.05, 3.63) is 59.7 Å². The number of nitrogens with one attached hydrogen (secondary N) is 2. The van der Waals surface area contributed by atoms with E-state index in [-0.39, 0.29) is 24.4 Å². The van der Waals surface area contributed by atoms with Crippen LogP contribution in [0.1, 0.15) is 70.9 Å². The normalized spacial score (nSPS) is 14.0. The summed E-state index contributed by atoms with van der Waals surface area (Å²) >= 11 is 0. The van der Waals surface area contributed by atoms with Crippen LogP contribution in [0.25, 0.3) is 11.1 Å². The molecule has 35 heavy (non-hydrogen) atoms. The van der Waals surface area contributed by atoms with Crippen LogP contribution < -0.4 is 10.6 Å². The van der Waals surface area contributed by atoms with Gasteiger partial charge in [0.05, 0.1) is 6.42 Å². The predicted molar refractivity (Wildman–Crippen MR) is 135 cm³/mol. The number of carboxylic acid groups (broad SMARTS) is 1. The second-order valence-corrected chi connectivity index (χ2v) is 11.1. The molecule has 3 N–H and O–H groups in total. The van der Waals surface area contributed by atoms with Gasteiger partial charge >= 0.3 is 12.1 Å². The number of benzene rings is 2. The molecule has 0 aliphatic heterocycles. The Hall–Kier alpha value is -3.35. The van der Waals surface area contributed by atoms with Crippen molar-refractivity contribution in [1.82, 2.24) is 10.6 Å². The van der Waals surface area contributed by atoms with Gasteiger partial charge in [-0.05, 0) is 54.4 Å². The quantitative estimate of drug-likeness (QED) is 0.464. The smallest absolute Gasteiger partial charge is 0.407 e. The molecule has 1 unspecified atom stereocenters. The van der Waals surface area contributed by atoms with Crippen LogP contribution in [0.2, 0.25) is 0 Å². The summed E-state index contributed by atoms with van der Waals surface area (Å²) < 4.78 is 5.62. The van der Waals surface area contributed by atoms with Crippen molar-refractivity contribution in [2.75, 3.05) is 6.61 Å². The van der Waals surface area contributed by atoms with Crippen LogP contribution in [0.5, 0.6) is 0 Å². The zero-order valence-electron chi connectivity index (χ0n) is 21.2. The van der Waals surface area contributed by atoms with Gasteiger partial charge in [0.1, 0.15) is 12.6 Å². The average molecular weight is 481 g/mol. The van der Waals surface area contributed by atoms with E-state index in [0.29, 0.717) is 12.8 Å². The zero-order valence-corrected chi connectivity index (χ0v) is 21.2. The van der Waals surface area contributed by atoms with Gasteiger partial charge in [-0.3, -0.25) is 9.59 Å². The number of carboxylic acids is 1. The number of carbonyl (C=O) groups excluding carboxylic acids is 2. The minimum Gasteiger partial charge on any atom is -0.481 e. The first kappa shape index (κ1) is 26.3. The summed E-state index contributed by atoms with van der Waals surface area (Å²) in [7, 11) is 0. The molecule has 7 heteroatoms. The summed E-state index contributed by atoms with van der Waals surface area (Å²) in [5, 5.41) is 14.6. The Morgan fingerprint density at radius 1 is 0.943 bits per heavy atom. The van der Waals surface area contributed by atoms with Crippen molar-refractivity contribution in [3.8, 4) is 11.1 Å². The molecule has 188 valence electrons. The molecule has 1 atom stereocenters. The molecule has 2 aromatic rings. The van der Waals surface area contributed by atoms with E-state index in [1.54, 1.807) is 13.8 Å². The van der Waals surface area contributed by atoms with E-state index >= 15 is 0 Å². The first-order valence-electron chi connectivity index (χ1n) is 12.0. The minimum absolute atomic E-state index is 0.0437. The lowest BCUT2D eigenvalue weighted by molar-refractivity contribution is -0.138. The Morgan fingerprint density at radius 2 is 1.49 bits per heavy atom. The highest BCUT2D eigenvalue weighted by atomic mass is 16.5. The van der Waals surface area contributed by atoms with Crippen LogP contribution in [0.3, 0.4) is 0 Å². The first-order valence-corrected chi connectivity index (χ1v) is 12.0. The monoisotopic (exact) mass is 480 g/mol. The molecule has 0 radical (unpaired) electrons. The van der Waals surface area contributed by atoms with Gasteiger partial charge in [-0.1, -0.05) is 69.3 Å². The third kappa shape index (κ3) is 7.07. The standard InChI is InChI=1S/C28H36N2O5/c1-27(2,3)15-14-23(25(33)30-28(4,5)16-24(31)32)29-26(34)35-17-22-20-12-8-6-10-18(20)19-11-7-9-13-21(19)22/h6-13,22-23H,14-17H2,1-5H3,(H,29,34)(H,30,33)(H,31,32). The molecule has 0 saturated carbocycles. The van der Waals surface area contributed by atoms with E-state index in [9.17, 15) is 14.4 Å². The second kappa shape index (κ2) is 10.5. The van der Waals surface area contributed by atoms with Crippen LogP contribution in [0, 0.1) is 5.41 Å². The molecule has 0 saturated heterocycles. The lowest BCUT2D eigenvalue weighted by Crippen LogP contribution is -2.54. The molecule has 0 spiro atoms. The molecule has 1 aliphatic rings. The van der Waals surface area contributed by atoms with Crippen LogP contribution >= 0.6 is 0 Å². The van der Waals surface area contributed by atoms with Crippen molar-refractivity contribution in [2.24, 2.45) is 5.41 Å². The van der Waals surface area contributed by atoms with Gasteiger partial charge in [-0.15, -0.1) is 0 Å². The van der Waals surface area contributed by atoms with Crippen LogP contribution in [0.4, 0.5) is 4.79 Å². The van der Waals surface area contributed by atoms with E-state index in [4.69, 9.17) is 9.84 Å². The fourth-order valence-electron chi connectivity index (χ4n) is 4.47. The average Bonchev–Trinajstić information content (AvgIpc) is 3.07. The van der Waals surface area contributed by atoms with Crippen molar-refractivity contribution < 1.29 is 24.2 Å². The number of rotatable bonds is 9. The summed E-state index contributed by atoms with van der Waals surface area (Å²) in [5.41, 5.74) is 3.50. The van der Waals surface area contributed by atoms with Gasteiger partial charge in [0.25, 0.3) is 0 Å². The van der Waals surface area contributed by atoms with Crippen molar-refractivity contribution >= 4 is 18.0 Å². The van der Waals surface area contributed by atoms with Crippen LogP contribution in [0.15, 0.2) is 48.5 Å². The SMILES string of the molecule is CC(C)(C)CCC(NC(=O)OCC1c2ccccc2-c2ccccc21)C(=O)NC(C)(C)CC(=O)O. The van der Waals surface area contributed by atoms with E-state index in [0.717, 1.165) is 22.3 Å². The van der Waals surface area contributed by atoms with Crippen LogP contribution in [-0.2, 0) is 14.3 Å². The highest BCUT2D eigenvalue weighted by Crippen LogP contribution is 2.44. The third-order valence-corrected chi connectivity index (χ3v) is 6.19. The Balaban J connectivity index is 1.68. The highest BCUT2D eigenvalue weighted by molar-refractivity contribution is 5.86. The fourth-order valence-corrected chi connectivity index (χ4v) is 4.47. The number of amides is 2. The van der Waals surface area contributed by atoms with E-state index in [2.05, 4.69) is 43.5 Å². The molecule has 0 fully saturated rings. The van der Waals surface area contributed by atoms with E-state index in [1.807, 2.05) is 36.4 Å². The maximum Gasteiger partial charge on any atom is 0.407 e. The van der Waals surface area contributed by atoms with Crippen molar-refractivity contribution in [2.45, 2.75) is 71.4 Å². The minimum atomic E-state index is -1.01. The van der Waals surface area contributed by atoms with Gasteiger partial charge in [-0.25, -0.2) is 4.79 Å². The number of carbonyl (C=O) groups is 3. The summed E-state index contributed by atoms with van der Waals surface area (Å²) in [4.78, 5) is 37.0. The van der Waals surface area contributed by atoms with Crippen LogP contribution in [-0.4, -0.2) is 41.3 Å². The molecular formula is C28H36N2O5. The summed E-state index contributed by atoms with van der Waals surface area (Å²) in [6.45, 7) is 9.62. The topological polar surface area (TPSA) is 105 Å². The van der Waals surface area contributed by atoms with E-state index in [1.165, 1.54) is 0 Å². The molecule has 2 aromatic carbocycles. The molecule has 2 amide bonds. The lowest BCUT2D eigenvalue weighted by Gasteiger charge is -2.29. The number of alkyl carbamates (subject to hydrolysis) is 1. The Kier molecular flexibility index (Phi) is 7.88. The predicted octanol–water partition coefficient (Wildman–Crippen LogP) is 5.09. The summed E-state index contributed by atoms with van der Waals surface area (Å²) in [6.07, 6.45) is 0.198. The summed E-state index contributed by atoms with van der Waals surface area (Å²) in [5.74, 6) is -1.51. The third-order valence-electron chi connectivity index (χ3n) is 6.19. The molecule has 1 aliphatic carbocycles. The van der Waals surface area contributed by atoms with Gasteiger partial charge in [0, 0.05) is 11.5 Å². The highest BCUT2D eigenvalue weighted by Gasteiger charge is 2.32. The van der Waals surface area contributed by atoms with Gasteiger partial charge in [0.2, 0.25) is 5.91 Å². The molecule has 0 bridgehead atoms. The summed E-state index contributed by atoms with van der Waals surface area (Å²) in [6, 6.07) is 15.3. The van der Waals surface area contributed by atoms with Gasteiger partial charge in [0.15, 0.2) is 0 Å². The first-order chi connectivity index (χ1) is 16.4. The largest absolute Gasteiger partial charge is 0.481 e. The lowest BCUT2D eigenvalue weighted by atomic mass is 9.88. The maximum absolute atomic E-state index is 13.0. The Bertz CT molecular complexity index is 1040. The molecular weight excluding hydrogens is 444 g/mol.